The number of rotatable bonds is 5. The van der Waals surface area contributed by atoms with E-state index >= 15 is 0 Å². The summed E-state index contributed by atoms with van der Waals surface area (Å²) in [6.45, 7) is 7.58. The van der Waals surface area contributed by atoms with Crippen molar-refractivity contribution in [2.75, 3.05) is 31.6 Å². The monoisotopic (exact) mass is 262 g/mol. The van der Waals surface area contributed by atoms with Gasteiger partial charge in [0, 0.05) is 19.3 Å². The van der Waals surface area contributed by atoms with Gasteiger partial charge in [0.1, 0.15) is 5.75 Å². The van der Waals surface area contributed by atoms with Gasteiger partial charge in [0.05, 0.1) is 6.10 Å². The first-order valence-corrected chi connectivity index (χ1v) is 7.33. The second-order valence-electron chi connectivity index (χ2n) is 5.73. The molecule has 0 aromatic heterocycles. The number of nitrogens with zero attached hydrogens (tertiary/aromatic N) is 1. The third-order valence-electron chi connectivity index (χ3n) is 3.64. The third kappa shape index (κ3) is 4.43. The molecule has 106 valence electrons. The quantitative estimate of drug-likeness (QED) is 0.883. The van der Waals surface area contributed by atoms with Crippen LogP contribution in [0.1, 0.15) is 26.7 Å². The van der Waals surface area contributed by atoms with Crippen molar-refractivity contribution < 1.29 is 4.74 Å². The minimum Gasteiger partial charge on any atom is -0.491 e. The Bertz CT molecular complexity index is 369. The van der Waals surface area contributed by atoms with Crippen molar-refractivity contribution in [1.29, 1.82) is 0 Å². The van der Waals surface area contributed by atoms with E-state index < -0.39 is 0 Å². The average molecular weight is 262 g/mol. The minimum absolute atomic E-state index is 0.235. The molecular formula is C16H26N2O. The van der Waals surface area contributed by atoms with Crippen LogP contribution in [0.5, 0.6) is 5.75 Å². The highest BCUT2D eigenvalue weighted by atomic mass is 16.5. The Morgan fingerprint density at radius 2 is 1.84 bits per heavy atom. The molecule has 0 unspecified atom stereocenters. The van der Waals surface area contributed by atoms with Gasteiger partial charge in [-0.05, 0) is 70.0 Å². The van der Waals surface area contributed by atoms with Crippen LogP contribution in [0.3, 0.4) is 0 Å². The molecule has 0 saturated carbocycles. The predicted octanol–water partition coefficient (Wildman–Crippen LogP) is 2.91. The second kappa shape index (κ2) is 6.80. The number of ether oxygens (including phenoxy) is 1. The lowest BCUT2D eigenvalue weighted by atomic mass is 9.97. The van der Waals surface area contributed by atoms with Crippen molar-refractivity contribution in [1.82, 2.24) is 5.32 Å². The topological polar surface area (TPSA) is 24.5 Å². The molecule has 3 nitrogen and oxygen atoms in total. The van der Waals surface area contributed by atoms with Crippen LogP contribution in [-0.4, -0.2) is 32.8 Å². The summed E-state index contributed by atoms with van der Waals surface area (Å²) in [4.78, 5) is 2.36. The first-order valence-electron chi connectivity index (χ1n) is 7.33. The lowest BCUT2D eigenvalue weighted by Crippen LogP contribution is -2.34. The molecular weight excluding hydrogens is 236 g/mol. The third-order valence-corrected chi connectivity index (χ3v) is 3.64. The SMILES string of the molecule is CC(C)Oc1ccc(N(C)CC2CCNCC2)cc1. The molecule has 0 atom stereocenters. The fraction of sp³-hybridized carbons (Fsp3) is 0.625. The molecule has 1 heterocycles. The van der Waals surface area contributed by atoms with E-state index in [-0.39, 0.29) is 6.10 Å². The van der Waals surface area contributed by atoms with Crippen molar-refractivity contribution in [3.05, 3.63) is 24.3 Å². The van der Waals surface area contributed by atoms with E-state index in [9.17, 15) is 0 Å². The summed E-state index contributed by atoms with van der Waals surface area (Å²) in [5.74, 6) is 1.77. The van der Waals surface area contributed by atoms with Gasteiger partial charge in [-0.1, -0.05) is 0 Å². The Labute approximate surface area is 116 Å². The van der Waals surface area contributed by atoms with E-state index in [2.05, 4.69) is 55.4 Å². The maximum Gasteiger partial charge on any atom is 0.119 e. The van der Waals surface area contributed by atoms with Gasteiger partial charge in [0.25, 0.3) is 0 Å². The fourth-order valence-electron chi connectivity index (χ4n) is 2.61. The maximum absolute atomic E-state index is 5.67. The summed E-state index contributed by atoms with van der Waals surface area (Å²) in [5.41, 5.74) is 1.27. The molecule has 1 aliphatic heterocycles. The van der Waals surface area contributed by atoms with E-state index in [4.69, 9.17) is 4.74 Å². The lowest BCUT2D eigenvalue weighted by molar-refractivity contribution is 0.242. The zero-order valence-electron chi connectivity index (χ0n) is 12.4. The Hall–Kier alpha value is -1.22. The molecule has 0 bridgehead atoms. The molecule has 0 amide bonds. The van der Waals surface area contributed by atoms with E-state index in [1.807, 2.05) is 0 Å². The summed E-state index contributed by atoms with van der Waals surface area (Å²) in [6.07, 6.45) is 2.82. The summed E-state index contributed by atoms with van der Waals surface area (Å²) in [6, 6.07) is 8.43. The summed E-state index contributed by atoms with van der Waals surface area (Å²) < 4.78 is 5.67. The Kier molecular flexibility index (Phi) is 5.08. The van der Waals surface area contributed by atoms with Gasteiger partial charge in [-0.2, -0.15) is 0 Å². The van der Waals surface area contributed by atoms with Crippen LogP contribution in [-0.2, 0) is 0 Å². The van der Waals surface area contributed by atoms with Crippen molar-refractivity contribution >= 4 is 5.69 Å². The van der Waals surface area contributed by atoms with Gasteiger partial charge >= 0.3 is 0 Å². The predicted molar refractivity (Wildman–Crippen MR) is 81.1 cm³/mol. The smallest absolute Gasteiger partial charge is 0.119 e. The highest BCUT2D eigenvalue weighted by Crippen LogP contribution is 2.22. The molecule has 1 aromatic carbocycles. The standard InChI is InChI=1S/C16H26N2O/c1-13(2)19-16-6-4-15(5-7-16)18(3)12-14-8-10-17-11-9-14/h4-7,13-14,17H,8-12H2,1-3H3. The molecule has 1 aromatic rings. The number of nitrogens with one attached hydrogen (secondary N) is 1. The largest absolute Gasteiger partial charge is 0.491 e. The molecule has 0 aliphatic carbocycles. The van der Waals surface area contributed by atoms with Gasteiger partial charge in [-0.15, -0.1) is 0 Å². The molecule has 1 N–H and O–H groups in total. The highest BCUT2D eigenvalue weighted by molar-refractivity contribution is 5.48. The van der Waals surface area contributed by atoms with Crippen molar-refractivity contribution in [2.24, 2.45) is 5.92 Å². The molecule has 19 heavy (non-hydrogen) atoms. The fourth-order valence-corrected chi connectivity index (χ4v) is 2.61. The Balaban J connectivity index is 1.89. The van der Waals surface area contributed by atoms with Gasteiger partial charge in [-0.3, -0.25) is 0 Å². The zero-order chi connectivity index (χ0) is 13.7. The van der Waals surface area contributed by atoms with Crippen LogP contribution >= 0.6 is 0 Å². The Morgan fingerprint density at radius 1 is 1.21 bits per heavy atom. The van der Waals surface area contributed by atoms with E-state index in [0.29, 0.717) is 0 Å². The van der Waals surface area contributed by atoms with Crippen LogP contribution in [0.15, 0.2) is 24.3 Å². The summed E-state index contributed by atoms with van der Waals surface area (Å²) >= 11 is 0. The number of benzene rings is 1. The van der Waals surface area contributed by atoms with Crippen LogP contribution in [0.25, 0.3) is 0 Å². The summed E-state index contributed by atoms with van der Waals surface area (Å²) in [5, 5.41) is 3.42. The van der Waals surface area contributed by atoms with E-state index in [1.165, 1.54) is 31.6 Å². The van der Waals surface area contributed by atoms with Crippen LogP contribution < -0.4 is 15.0 Å². The molecule has 2 rings (SSSR count). The average Bonchev–Trinajstić information content (AvgIpc) is 2.40. The van der Waals surface area contributed by atoms with Crippen LogP contribution in [0.2, 0.25) is 0 Å². The van der Waals surface area contributed by atoms with Gasteiger partial charge in [0.15, 0.2) is 0 Å². The second-order valence-corrected chi connectivity index (χ2v) is 5.73. The molecule has 0 radical (unpaired) electrons. The van der Waals surface area contributed by atoms with Crippen LogP contribution in [0.4, 0.5) is 5.69 Å². The van der Waals surface area contributed by atoms with Gasteiger partial charge in [-0.25, -0.2) is 0 Å². The molecule has 1 aliphatic rings. The van der Waals surface area contributed by atoms with Gasteiger partial charge < -0.3 is 15.0 Å². The number of hydrogen-bond acceptors (Lipinski definition) is 3. The lowest BCUT2D eigenvalue weighted by Gasteiger charge is -2.29. The van der Waals surface area contributed by atoms with E-state index in [1.54, 1.807) is 0 Å². The minimum atomic E-state index is 0.235. The molecule has 3 heteroatoms. The highest BCUT2D eigenvalue weighted by Gasteiger charge is 2.15. The number of piperidine rings is 1. The normalized spacial score (nSPS) is 16.6. The maximum atomic E-state index is 5.67. The molecule has 1 fully saturated rings. The Morgan fingerprint density at radius 3 is 2.42 bits per heavy atom. The van der Waals surface area contributed by atoms with Crippen LogP contribution in [0, 0.1) is 5.92 Å². The zero-order valence-corrected chi connectivity index (χ0v) is 12.4. The van der Waals surface area contributed by atoms with Crippen molar-refractivity contribution in [3.8, 4) is 5.75 Å². The first kappa shape index (κ1) is 14.2. The number of anilines is 1. The van der Waals surface area contributed by atoms with Crippen molar-refractivity contribution in [3.63, 3.8) is 0 Å². The van der Waals surface area contributed by atoms with Crippen molar-refractivity contribution in [2.45, 2.75) is 32.8 Å². The summed E-state index contributed by atoms with van der Waals surface area (Å²) in [7, 11) is 2.18. The molecule has 0 spiro atoms. The van der Waals surface area contributed by atoms with E-state index in [0.717, 1.165) is 18.2 Å². The molecule has 1 saturated heterocycles. The van der Waals surface area contributed by atoms with Gasteiger partial charge in [0.2, 0.25) is 0 Å². The number of hydrogen-bond donors (Lipinski definition) is 1. The first-order chi connectivity index (χ1) is 9.15.